The monoisotopic (exact) mass is 350 g/mol. The fourth-order valence-corrected chi connectivity index (χ4v) is 3.67. The van der Waals surface area contributed by atoms with E-state index in [1.54, 1.807) is 0 Å². The molecule has 1 heterocycles. The molecule has 1 aliphatic heterocycles. The minimum Gasteiger partial charge on any atom is -0.346 e. The molecule has 3 rings (SSSR count). The SMILES string of the molecule is Cc1ccc(C(C)NC(=O)c2ccc(CN3CCCC(C)C3)cc2)cc1. The molecule has 0 bridgehead atoms. The largest absolute Gasteiger partial charge is 0.346 e. The van der Waals surface area contributed by atoms with Gasteiger partial charge >= 0.3 is 0 Å². The molecule has 3 heteroatoms. The lowest BCUT2D eigenvalue weighted by Crippen LogP contribution is -2.33. The van der Waals surface area contributed by atoms with Crippen LogP contribution in [0.5, 0.6) is 0 Å². The number of aryl methyl sites for hydroxylation is 1. The van der Waals surface area contributed by atoms with Crippen LogP contribution in [0.2, 0.25) is 0 Å². The van der Waals surface area contributed by atoms with Gasteiger partial charge in [-0.3, -0.25) is 9.69 Å². The van der Waals surface area contributed by atoms with Crippen molar-refractivity contribution in [1.29, 1.82) is 0 Å². The van der Waals surface area contributed by atoms with Crippen LogP contribution in [0.15, 0.2) is 48.5 Å². The van der Waals surface area contributed by atoms with Gasteiger partial charge in [0.2, 0.25) is 0 Å². The van der Waals surface area contributed by atoms with Gasteiger partial charge in [0.05, 0.1) is 6.04 Å². The van der Waals surface area contributed by atoms with Crippen molar-refractivity contribution in [2.45, 2.75) is 46.2 Å². The van der Waals surface area contributed by atoms with Crippen molar-refractivity contribution >= 4 is 5.91 Å². The van der Waals surface area contributed by atoms with Crippen LogP contribution in [-0.4, -0.2) is 23.9 Å². The average molecular weight is 351 g/mol. The van der Waals surface area contributed by atoms with Crippen LogP contribution >= 0.6 is 0 Å². The normalized spacial score (nSPS) is 19.1. The van der Waals surface area contributed by atoms with E-state index in [0.29, 0.717) is 0 Å². The Labute approximate surface area is 157 Å². The highest BCUT2D eigenvalue weighted by Gasteiger charge is 2.16. The predicted molar refractivity (Wildman–Crippen MR) is 107 cm³/mol. The second kappa shape index (κ2) is 8.50. The molecule has 0 spiro atoms. The Hall–Kier alpha value is -2.13. The van der Waals surface area contributed by atoms with Crippen molar-refractivity contribution in [3.63, 3.8) is 0 Å². The highest BCUT2D eigenvalue weighted by molar-refractivity contribution is 5.94. The first kappa shape index (κ1) is 18.7. The van der Waals surface area contributed by atoms with Crippen LogP contribution in [0.25, 0.3) is 0 Å². The first-order valence-corrected chi connectivity index (χ1v) is 9.70. The number of nitrogens with zero attached hydrogens (tertiary/aromatic N) is 1. The van der Waals surface area contributed by atoms with Crippen LogP contribution in [-0.2, 0) is 6.54 Å². The van der Waals surface area contributed by atoms with Crippen molar-refractivity contribution in [2.75, 3.05) is 13.1 Å². The molecule has 2 atom stereocenters. The number of piperidine rings is 1. The highest BCUT2D eigenvalue weighted by Crippen LogP contribution is 2.18. The van der Waals surface area contributed by atoms with Crippen LogP contribution in [0, 0.1) is 12.8 Å². The second-order valence-electron chi connectivity index (χ2n) is 7.79. The van der Waals surface area contributed by atoms with Crippen molar-refractivity contribution in [2.24, 2.45) is 5.92 Å². The molecule has 0 saturated carbocycles. The minimum atomic E-state index is -0.0174. The third kappa shape index (κ3) is 4.95. The molecule has 0 aromatic heterocycles. The molecular weight excluding hydrogens is 320 g/mol. The maximum Gasteiger partial charge on any atom is 0.251 e. The maximum absolute atomic E-state index is 12.5. The van der Waals surface area contributed by atoms with Crippen LogP contribution in [0.3, 0.4) is 0 Å². The van der Waals surface area contributed by atoms with Gasteiger partial charge in [-0.05, 0) is 62.4 Å². The first-order valence-electron chi connectivity index (χ1n) is 9.70. The molecule has 2 aromatic rings. The van der Waals surface area contributed by atoms with E-state index < -0.39 is 0 Å². The number of nitrogens with one attached hydrogen (secondary N) is 1. The summed E-state index contributed by atoms with van der Waals surface area (Å²) < 4.78 is 0. The van der Waals surface area contributed by atoms with E-state index in [0.717, 1.165) is 23.6 Å². The van der Waals surface area contributed by atoms with Gasteiger partial charge in [-0.15, -0.1) is 0 Å². The predicted octanol–water partition coefficient (Wildman–Crippen LogP) is 4.72. The fraction of sp³-hybridized carbons (Fsp3) is 0.435. The molecular formula is C23H30N2O. The van der Waals surface area contributed by atoms with Crippen molar-refractivity contribution in [1.82, 2.24) is 10.2 Å². The van der Waals surface area contributed by atoms with Gasteiger partial charge in [0, 0.05) is 18.7 Å². The van der Waals surface area contributed by atoms with Crippen molar-refractivity contribution < 1.29 is 4.79 Å². The summed E-state index contributed by atoms with van der Waals surface area (Å²) in [5.41, 5.74) is 4.35. The van der Waals surface area contributed by atoms with Crippen molar-refractivity contribution in [3.05, 3.63) is 70.8 Å². The summed E-state index contributed by atoms with van der Waals surface area (Å²) in [6, 6.07) is 16.4. The number of hydrogen-bond acceptors (Lipinski definition) is 2. The number of amides is 1. The summed E-state index contributed by atoms with van der Waals surface area (Å²) in [4.78, 5) is 15.0. The highest BCUT2D eigenvalue weighted by atomic mass is 16.1. The van der Waals surface area contributed by atoms with E-state index in [1.165, 1.54) is 37.1 Å². The number of likely N-dealkylation sites (tertiary alicyclic amines) is 1. The molecule has 1 aliphatic rings. The zero-order valence-electron chi connectivity index (χ0n) is 16.2. The summed E-state index contributed by atoms with van der Waals surface area (Å²) in [6.07, 6.45) is 2.63. The molecule has 138 valence electrons. The van der Waals surface area contributed by atoms with E-state index in [2.05, 4.69) is 60.5 Å². The number of hydrogen-bond donors (Lipinski definition) is 1. The molecule has 2 unspecified atom stereocenters. The Morgan fingerprint density at radius 3 is 2.50 bits per heavy atom. The van der Waals surface area contributed by atoms with E-state index in [-0.39, 0.29) is 11.9 Å². The summed E-state index contributed by atoms with van der Waals surface area (Å²) >= 11 is 0. The molecule has 0 aliphatic carbocycles. The smallest absolute Gasteiger partial charge is 0.251 e. The summed E-state index contributed by atoms with van der Waals surface area (Å²) in [5.74, 6) is 0.772. The van der Waals surface area contributed by atoms with Gasteiger partial charge in [-0.2, -0.15) is 0 Å². The standard InChI is InChI=1S/C23H30N2O/c1-17-6-10-21(11-7-17)19(3)24-23(26)22-12-8-20(9-13-22)16-25-14-4-5-18(2)15-25/h6-13,18-19H,4-5,14-16H2,1-3H3,(H,24,26). The lowest BCUT2D eigenvalue weighted by Gasteiger charge is -2.30. The Kier molecular flexibility index (Phi) is 6.10. The zero-order chi connectivity index (χ0) is 18.5. The Morgan fingerprint density at radius 2 is 1.85 bits per heavy atom. The molecule has 26 heavy (non-hydrogen) atoms. The first-order chi connectivity index (χ1) is 12.5. The summed E-state index contributed by atoms with van der Waals surface area (Å²) in [6.45, 7) is 9.76. The lowest BCUT2D eigenvalue weighted by molar-refractivity contribution is 0.0940. The van der Waals surface area contributed by atoms with E-state index in [4.69, 9.17) is 0 Å². The number of carbonyl (C=O) groups is 1. The van der Waals surface area contributed by atoms with E-state index in [9.17, 15) is 4.79 Å². The second-order valence-corrected chi connectivity index (χ2v) is 7.79. The maximum atomic E-state index is 12.5. The molecule has 2 aromatic carbocycles. The van der Waals surface area contributed by atoms with Crippen LogP contribution < -0.4 is 5.32 Å². The summed E-state index contributed by atoms with van der Waals surface area (Å²) in [7, 11) is 0. The number of carbonyl (C=O) groups excluding carboxylic acids is 1. The third-order valence-electron chi connectivity index (χ3n) is 5.29. The topological polar surface area (TPSA) is 32.3 Å². The molecule has 1 saturated heterocycles. The zero-order valence-corrected chi connectivity index (χ0v) is 16.2. The van der Waals surface area contributed by atoms with Gasteiger partial charge in [-0.1, -0.05) is 48.9 Å². The van der Waals surface area contributed by atoms with Crippen LogP contribution in [0.4, 0.5) is 0 Å². The lowest BCUT2D eigenvalue weighted by atomic mass is 9.99. The van der Waals surface area contributed by atoms with Gasteiger partial charge in [-0.25, -0.2) is 0 Å². The van der Waals surface area contributed by atoms with Gasteiger partial charge in [0.15, 0.2) is 0 Å². The third-order valence-corrected chi connectivity index (χ3v) is 5.29. The number of benzene rings is 2. The molecule has 1 amide bonds. The summed E-state index contributed by atoms with van der Waals surface area (Å²) in [5, 5.41) is 3.09. The van der Waals surface area contributed by atoms with Crippen LogP contribution in [0.1, 0.15) is 59.8 Å². The van der Waals surface area contributed by atoms with E-state index in [1.807, 2.05) is 19.1 Å². The molecule has 1 N–H and O–H groups in total. The number of rotatable bonds is 5. The Balaban J connectivity index is 1.57. The van der Waals surface area contributed by atoms with Gasteiger partial charge < -0.3 is 5.32 Å². The molecule has 3 nitrogen and oxygen atoms in total. The molecule has 0 radical (unpaired) electrons. The van der Waals surface area contributed by atoms with Gasteiger partial charge in [0.1, 0.15) is 0 Å². The van der Waals surface area contributed by atoms with E-state index >= 15 is 0 Å². The molecule has 1 fully saturated rings. The average Bonchev–Trinajstić information content (AvgIpc) is 2.63. The minimum absolute atomic E-state index is 0.00221. The van der Waals surface area contributed by atoms with Gasteiger partial charge in [0.25, 0.3) is 5.91 Å². The van der Waals surface area contributed by atoms with Crippen molar-refractivity contribution in [3.8, 4) is 0 Å². The Morgan fingerprint density at radius 1 is 1.15 bits per heavy atom. The Bertz CT molecular complexity index is 721. The fourth-order valence-electron chi connectivity index (χ4n) is 3.67. The quantitative estimate of drug-likeness (QED) is 0.846.